The Morgan fingerprint density at radius 3 is 2.33 bits per heavy atom. The van der Waals surface area contributed by atoms with Crippen LogP contribution in [-0.4, -0.2) is 41.4 Å². The summed E-state index contributed by atoms with van der Waals surface area (Å²) < 4.78 is 4.96. The van der Waals surface area contributed by atoms with Gasteiger partial charge in [0.2, 0.25) is 0 Å². The third kappa shape index (κ3) is 2.55. The predicted molar refractivity (Wildman–Crippen MR) is 43.8 cm³/mol. The zero-order chi connectivity index (χ0) is 9.78. The van der Waals surface area contributed by atoms with Crippen LogP contribution in [0.15, 0.2) is 0 Å². The van der Waals surface area contributed by atoms with Crippen molar-refractivity contribution >= 4 is 6.29 Å². The van der Waals surface area contributed by atoms with Crippen molar-refractivity contribution in [3.63, 3.8) is 0 Å². The van der Waals surface area contributed by atoms with Gasteiger partial charge in [-0.2, -0.15) is 0 Å². The Morgan fingerprint density at radius 2 is 2.08 bits per heavy atom. The SMILES string of the molecule is CO[C@@](C)(CC=O)[C@@H](O)[C@@H](C)O. The van der Waals surface area contributed by atoms with Gasteiger partial charge in [0, 0.05) is 13.5 Å². The van der Waals surface area contributed by atoms with E-state index in [0.717, 1.165) is 0 Å². The Hall–Kier alpha value is -0.450. The lowest BCUT2D eigenvalue weighted by Gasteiger charge is -2.33. The van der Waals surface area contributed by atoms with Gasteiger partial charge < -0.3 is 19.7 Å². The van der Waals surface area contributed by atoms with Gasteiger partial charge in [-0.3, -0.25) is 0 Å². The zero-order valence-corrected chi connectivity index (χ0v) is 7.65. The van der Waals surface area contributed by atoms with Crippen LogP contribution in [0, 0.1) is 0 Å². The molecule has 72 valence electrons. The molecular weight excluding hydrogens is 160 g/mol. The van der Waals surface area contributed by atoms with Crippen molar-refractivity contribution in [2.75, 3.05) is 7.11 Å². The molecule has 0 rings (SSSR count). The van der Waals surface area contributed by atoms with E-state index in [1.54, 1.807) is 6.92 Å². The molecule has 0 aliphatic carbocycles. The second-order valence-corrected chi connectivity index (χ2v) is 3.07. The molecule has 4 nitrogen and oxygen atoms in total. The maximum atomic E-state index is 10.2. The highest BCUT2D eigenvalue weighted by atomic mass is 16.5. The van der Waals surface area contributed by atoms with Crippen molar-refractivity contribution in [3.05, 3.63) is 0 Å². The van der Waals surface area contributed by atoms with E-state index in [2.05, 4.69) is 0 Å². The molecule has 0 aromatic heterocycles. The van der Waals surface area contributed by atoms with Gasteiger partial charge in [0.1, 0.15) is 12.4 Å². The van der Waals surface area contributed by atoms with Gasteiger partial charge in [-0.15, -0.1) is 0 Å². The first-order valence-electron chi connectivity index (χ1n) is 3.83. The second-order valence-electron chi connectivity index (χ2n) is 3.07. The number of carbonyl (C=O) groups is 1. The zero-order valence-electron chi connectivity index (χ0n) is 7.65. The quantitative estimate of drug-likeness (QED) is 0.565. The minimum absolute atomic E-state index is 0.0650. The van der Waals surface area contributed by atoms with Crippen molar-refractivity contribution in [2.45, 2.75) is 38.1 Å². The summed E-state index contributed by atoms with van der Waals surface area (Å²) in [6.45, 7) is 3.03. The fourth-order valence-corrected chi connectivity index (χ4v) is 1.00. The lowest BCUT2D eigenvalue weighted by molar-refractivity contribution is -0.141. The van der Waals surface area contributed by atoms with Crippen molar-refractivity contribution in [1.29, 1.82) is 0 Å². The van der Waals surface area contributed by atoms with E-state index in [4.69, 9.17) is 9.84 Å². The summed E-state index contributed by atoms with van der Waals surface area (Å²) in [7, 11) is 1.40. The molecule has 0 spiro atoms. The van der Waals surface area contributed by atoms with E-state index in [-0.39, 0.29) is 6.42 Å². The van der Waals surface area contributed by atoms with Gasteiger partial charge in [-0.05, 0) is 13.8 Å². The fraction of sp³-hybridized carbons (Fsp3) is 0.875. The van der Waals surface area contributed by atoms with Crippen LogP contribution in [0.1, 0.15) is 20.3 Å². The van der Waals surface area contributed by atoms with Gasteiger partial charge in [0.15, 0.2) is 0 Å². The van der Waals surface area contributed by atoms with E-state index in [0.29, 0.717) is 6.29 Å². The highest BCUT2D eigenvalue weighted by molar-refractivity contribution is 5.51. The standard InChI is InChI=1S/C8H16O4/c1-6(10)7(11)8(2,12-3)4-5-9/h5-7,10-11H,4H2,1-3H3/t6-,7+,8+/m1/s1. The predicted octanol–water partition coefficient (Wildman–Crippen LogP) is -0.278. The summed E-state index contributed by atoms with van der Waals surface area (Å²) in [5.74, 6) is 0. The molecular formula is C8H16O4. The first-order valence-corrected chi connectivity index (χ1v) is 3.83. The molecule has 0 aromatic carbocycles. The number of aldehydes is 1. The molecule has 0 heterocycles. The minimum Gasteiger partial charge on any atom is -0.391 e. The fourth-order valence-electron chi connectivity index (χ4n) is 1.00. The van der Waals surface area contributed by atoms with E-state index in [9.17, 15) is 9.90 Å². The molecule has 0 aromatic rings. The summed E-state index contributed by atoms with van der Waals surface area (Å²) in [5.41, 5.74) is -0.990. The van der Waals surface area contributed by atoms with Crippen LogP contribution in [0.5, 0.6) is 0 Å². The molecule has 0 bridgehead atoms. The molecule has 0 saturated heterocycles. The largest absolute Gasteiger partial charge is 0.391 e. The molecule has 0 aliphatic heterocycles. The number of rotatable bonds is 5. The Bertz CT molecular complexity index is 146. The average Bonchev–Trinajstić information content (AvgIpc) is 2.03. The third-order valence-corrected chi connectivity index (χ3v) is 2.04. The Kier molecular flexibility index (Phi) is 4.37. The summed E-state index contributed by atoms with van der Waals surface area (Å²) in [4.78, 5) is 10.2. The maximum Gasteiger partial charge on any atom is 0.122 e. The van der Waals surface area contributed by atoms with Crippen molar-refractivity contribution in [2.24, 2.45) is 0 Å². The number of aliphatic hydroxyl groups excluding tert-OH is 2. The average molecular weight is 176 g/mol. The van der Waals surface area contributed by atoms with Gasteiger partial charge in [-0.1, -0.05) is 0 Å². The molecule has 2 N–H and O–H groups in total. The van der Waals surface area contributed by atoms with Crippen LogP contribution in [-0.2, 0) is 9.53 Å². The van der Waals surface area contributed by atoms with Gasteiger partial charge >= 0.3 is 0 Å². The second kappa shape index (κ2) is 4.54. The smallest absolute Gasteiger partial charge is 0.122 e. The van der Waals surface area contributed by atoms with Crippen molar-refractivity contribution in [1.82, 2.24) is 0 Å². The molecule has 0 unspecified atom stereocenters. The number of methoxy groups -OCH3 is 1. The van der Waals surface area contributed by atoms with Crippen LogP contribution in [0.2, 0.25) is 0 Å². The minimum atomic E-state index is -1.05. The van der Waals surface area contributed by atoms with Crippen LogP contribution in [0.4, 0.5) is 0 Å². The molecule has 0 fully saturated rings. The number of hydrogen-bond acceptors (Lipinski definition) is 4. The summed E-state index contributed by atoms with van der Waals surface area (Å²) in [6, 6.07) is 0. The normalized spacial score (nSPS) is 21.1. The van der Waals surface area contributed by atoms with E-state index in [1.165, 1.54) is 14.0 Å². The van der Waals surface area contributed by atoms with Gasteiger partial charge in [0.05, 0.1) is 11.7 Å². The van der Waals surface area contributed by atoms with Gasteiger partial charge in [-0.25, -0.2) is 0 Å². The van der Waals surface area contributed by atoms with Crippen LogP contribution in [0.25, 0.3) is 0 Å². The molecule has 12 heavy (non-hydrogen) atoms. The Morgan fingerprint density at radius 1 is 1.58 bits per heavy atom. The van der Waals surface area contributed by atoms with E-state index in [1.807, 2.05) is 0 Å². The molecule has 0 radical (unpaired) electrons. The van der Waals surface area contributed by atoms with E-state index >= 15 is 0 Å². The number of ether oxygens (including phenoxy) is 1. The lowest BCUT2D eigenvalue weighted by atomic mass is 9.92. The first kappa shape index (κ1) is 11.6. The number of carbonyl (C=O) groups excluding carboxylic acids is 1. The topological polar surface area (TPSA) is 66.8 Å². The molecule has 0 aliphatic rings. The van der Waals surface area contributed by atoms with Crippen LogP contribution in [0.3, 0.4) is 0 Å². The molecule has 3 atom stereocenters. The van der Waals surface area contributed by atoms with Crippen LogP contribution < -0.4 is 0 Å². The summed E-state index contributed by atoms with van der Waals surface area (Å²) in [5, 5.41) is 18.5. The highest BCUT2D eigenvalue weighted by Gasteiger charge is 2.35. The summed E-state index contributed by atoms with van der Waals surface area (Å²) in [6.07, 6.45) is -1.23. The molecule has 0 saturated carbocycles. The Balaban J connectivity index is 4.38. The molecule has 4 heteroatoms. The highest BCUT2D eigenvalue weighted by Crippen LogP contribution is 2.20. The third-order valence-electron chi connectivity index (χ3n) is 2.04. The first-order chi connectivity index (χ1) is 5.48. The maximum absolute atomic E-state index is 10.2. The molecule has 0 amide bonds. The summed E-state index contributed by atoms with van der Waals surface area (Å²) >= 11 is 0. The van der Waals surface area contributed by atoms with Crippen molar-refractivity contribution in [3.8, 4) is 0 Å². The lowest BCUT2D eigenvalue weighted by Crippen LogP contribution is -2.47. The van der Waals surface area contributed by atoms with Crippen LogP contribution >= 0.6 is 0 Å². The Labute approximate surface area is 72.2 Å². The van der Waals surface area contributed by atoms with E-state index < -0.39 is 17.8 Å². The van der Waals surface area contributed by atoms with Gasteiger partial charge in [0.25, 0.3) is 0 Å². The number of hydrogen-bond donors (Lipinski definition) is 2. The van der Waals surface area contributed by atoms with Crippen molar-refractivity contribution < 1.29 is 19.7 Å². The number of aliphatic hydroxyl groups is 2. The monoisotopic (exact) mass is 176 g/mol.